The van der Waals surface area contributed by atoms with Crippen molar-refractivity contribution in [3.63, 3.8) is 0 Å². The highest BCUT2D eigenvalue weighted by Gasteiger charge is 2.37. The Labute approximate surface area is 223 Å². The van der Waals surface area contributed by atoms with Crippen LogP contribution in [0, 0.1) is 0 Å². The molecular formula is C29H38N4O5. The fraction of sp³-hybridized carbons (Fsp3) is 0.517. The molecule has 4 N–H and O–H groups in total. The number of nitrogen functional groups attached to an aromatic ring is 1. The molecule has 9 heteroatoms. The Hall–Kier alpha value is -3.62. The molecule has 2 aromatic rings. The first kappa shape index (κ1) is 27.4. The number of aliphatic carboxylic acids is 1. The molecule has 9 nitrogen and oxygen atoms in total. The number of nitrogens with zero attached hydrogens (tertiary/aromatic N) is 2. The molecule has 1 amide bonds. The summed E-state index contributed by atoms with van der Waals surface area (Å²) in [6.07, 6.45) is 5.93. The summed E-state index contributed by atoms with van der Waals surface area (Å²) in [7, 11) is 0. The molecule has 204 valence electrons. The van der Waals surface area contributed by atoms with Crippen molar-refractivity contribution in [1.29, 1.82) is 0 Å². The predicted molar refractivity (Wildman–Crippen MR) is 146 cm³/mol. The average Bonchev–Trinajstić information content (AvgIpc) is 2.78. The maximum Gasteiger partial charge on any atom is 0.407 e. The number of amides is 1. The van der Waals surface area contributed by atoms with Crippen LogP contribution in [-0.2, 0) is 21.4 Å². The molecule has 0 aliphatic heterocycles. The number of nitrogens with one attached hydrogen (secondary N) is 1. The lowest BCUT2D eigenvalue weighted by Gasteiger charge is -2.36. The van der Waals surface area contributed by atoms with Gasteiger partial charge in [0.15, 0.2) is 0 Å². The molecule has 0 radical (unpaired) electrons. The van der Waals surface area contributed by atoms with Crippen molar-refractivity contribution in [2.75, 3.05) is 5.73 Å². The van der Waals surface area contributed by atoms with Crippen molar-refractivity contribution in [1.82, 2.24) is 15.3 Å². The van der Waals surface area contributed by atoms with Gasteiger partial charge in [0.25, 0.3) is 0 Å². The summed E-state index contributed by atoms with van der Waals surface area (Å²) in [5, 5.41) is 12.5. The highest BCUT2D eigenvalue weighted by atomic mass is 16.6. The molecule has 2 aliphatic carbocycles. The minimum atomic E-state index is -1.01. The van der Waals surface area contributed by atoms with Gasteiger partial charge < -0.3 is 25.6 Å². The molecule has 0 atom stereocenters. The molecule has 0 unspecified atom stereocenters. The number of fused-ring (bicyclic) bond motifs is 3. The number of hydrogen-bond donors (Lipinski definition) is 3. The van der Waals surface area contributed by atoms with Crippen LogP contribution >= 0.6 is 0 Å². The molecule has 4 rings (SSSR count). The number of carbonyl (C=O) groups excluding carboxylic acids is 1. The molecule has 1 heterocycles. The third-order valence-electron chi connectivity index (χ3n) is 7.12. The average molecular weight is 523 g/mol. The first-order valence-electron chi connectivity index (χ1n) is 13.1. The molecule has 1 fully saturated rings. The van der Waals surface area contributed by atoms with Crippen molar-refractivity contribution in [3.8, 4) is 17.0 Å². The molecule has 1 saturated carbocycles. The maximum absolute atomic E-state index is 12.2. The van der Waals surface area contributed by atoms with Crippen LogP contribution in [0.15, 0.2) is 24.5 Å². The van der Waals surface area contributed by atoms with Gasteiger partial charge in [-0.25, -0.2) is 19.6 Å². The van der Waals surface area contributed by atoms with E-state index in [-0.39, 0.29) is 17.6 Å². The number of anilines is 1. The number of aromatic nitrogens is 2. The quantitative estimate of drug-likeness (QED) is 0.452. The largest absolute Gasteiger partial charge is 0.490 e. The summed E-state index contributed by atoms with van der Waals surface area (Å²) in [4.78, 5) is 32.6. The summed E-state index contributed by atoms with van der Waals surface area (Å²) < 4.78 is 11.9. The van der Waals surface area contributed by atoms with E-state index in [1.54, 1.807) is 6.92 Å². The Kier molecular flexibility index (Phi) is 7.41. The fourth-order valence-electron chi connectivity index (χ4n) is 5.60. The van der Waals surface area contributed by atoms with Gasteiger partial charge in [-0.05, 0) is 88.5 Å². The Balaban J connectivity index is 1.62. The Morgan fingerprint density at radius 2 is 1.84 bits per heavy atom. The van der Waals surface area contributed by atoms with E-state index in [1.165, 1.54) is 12.4 Å². The smallest absolute Gasteiger partial charge is 0.407 e. The monoisotopic (exact) mass is 522 g/mol. The number of rotatable bonds is 5. The Bertz CT molecular complexity index is 1270. The number of alkyl carbamates (subject to hydrolysis) is 1. The van der Waals surface area contributed by atoms with Crippen LogP contribution in [0.1, 0.15) is 83.9 Å². The van der Waals surface area contributed by atoms with Crippen LogP contribution in [0.3, 0.4) is 0 Å². The molecule has 0 bridgehead atoms. The maximum atomic E-state index is 12.2. The number of nitrogens with two attached hydrogens (primary N) is 1. The summed E-state index contributed by atoms with van der Waals surface area (Å²) >= 11 is 0. The van der Waals surface area contributed by atoms with Gasteiger partial charge >= 0.3 is 12.1 Å². The second-order valence-electron chi connectivity index (χ2n) is 11.9. The highest BCUT2D eigenvalue weighted by Crippen LogP contribution is 2.48. The van der Waals surface area contributed by atoms with E-state index >= 15 is 0 Å². The second-order valence-corrected chi connectivity index (χ2v) is 11.9. The summed E-state index contributed by atoms with van der Waals surface area (Å²) in [6, 6.07) is 3.92. The minimum absolute atomic E-state index is 0.0313. The van der Waals surface area contributed by atoms with E-state index in [4.69, 9.17) is 15.2 Å². The molecule has 1 aromatic heterocycles. The van der Waals surface area contributed by atoms with Crippen molar-refractivity contribution >= 4 is 23.5 Å². The van der Waals surface area contributed by atoms with Crippen molar-refractivity contribution in [2.24, 2.45) is 0 Å². The lowest BCUT2D eigenvalue weighted by atomic mass is 9.70. The van der Waals surface area contributed by atoms with Crippen LogP contribution < -0.4 is 15.8 Å². The second kappa shape index (κ2) is 10.3. The standard InChI is InChI=1S/C29H38N4O5/c1-16(13-22(34)35)23-20-14-29(5,6)24-25(31-15-32-26(24)30)19(20)11-12-21(23)37-18-9-7-17(8-10-18)33-27(36)38-28(2,3)4/h11-13,15,17-18H,7-10,14H2,1-6H3,(H,33,36)(H,34,35)(H2,30,31,32). The van der Waals surface area contributed by atoms with Gasteiger partial charge in [0.2, 0.25) is 0 Å². The lowest BCUT2D eigenvalue weighted by molar-refractivity contribution is -0.131. The molecular weight excluding hydrogens is 484 g/mol. The van der Waals surface area contributed by atoms with E-state index in [2.05, 4.69) is 29.1 Å². The SMILES string of the molecule is CC(=CC(=O)O)c1c(OC2CCC(NC(=O)OC(C)(C)C)CC2)ccc2c1CC(C)(C)c1c(N)ncnc1-2. The summed E-state index contributed by atoms with van der Waals surface area (Å²) in [5.74, 6) is 0.104. The highest BCUT2D eigenvalue weighted by molar-refractivity contribution is 5.93. The van der Waals surface area contributed by atoms with Gasteiger partial charge in [-0.1, -0.05) is 13.8 Å². The number of carboxylic acid groups (broad SMARTS) is 1. The number of allylic oxidation sites excluding steroid dienone is 1. The van der Waals surface area contributed by atoms with Crippen molar-refractivity contribution in [3.05, 3.63) is 41.2 Å². The van der Waals surface area contributed by atoms with Gasteiger partial charge in [0.05, 0.1) is 11.8 Å². The third kappa shape index (κ3) is 5.92. The fourth-order valence-corrected chi connectivity index (χ4v) is 5.60. The number of hydrogen-bond acceptors (Lipinski definition) is 7. The van der Waals surface area contributed by atoms with Crippen LogP contribution in [0.5, 0.6) is 5.75 Å². The first-order valence-corrected chi connectivity index (χ1v) is 13.1. The number of benzene rings is 1. The number of carboxylic acids is 1. The van der Waals surface area contributed by atoms with Gasteiger partial charge in [-0.15, -0.1) is 0 Å². The van der Waals surface area contributed by atoms with Crippen molar-refractivity contribution < 1.29 is 24.2 Å². The van der Waals surface area contributed by atoms with Gasteiger partial charge in [0, 0.05) is 28.8 Å². The zero-order valence-corrected chi connectivity index (χ0v) is 23.1. The molecule has 38 heavy (non-hydrogen) atoms. The van der Waals surface area contributed by atoms with E-state index in [0.29, 0.717) is 23.6 Å². The van der Waals surface area contributed by atoms with Gasteiger partial charge in [-0.2, -0.15) is 0 Å². The normalized spacial score (nSPS) is 20.6. The van der Waals surface area contributed by atoms with Crippen LogP contribution in [0.25, 0.3) is 16.8 Å². The lowest BCUT2D eigenvalue weighted by Crippen LogP contribution is -2.42. The van der Waals surface area contributed by atoms with Crippen LogP contribution in [0.2, 0.25) is 0 Å². The van der Waals surface area contributed by atoms with Crippen LogP contribution in [-0.4, -0.2) is 44.9 Å². The zero-order chi connectivity index (χ0) is 27.8. The number of carbonyl (C=O) groups is 2. The van der Waals surface area contributed by atoms with Gasteiger partial charge in [0.1, 0.15) is 23.5 Å². The Morgan fingerprint density at radius 1 is 1.16 bits per heavy atom. The first-order chi connectivity index (χ1) is 17.7. The summed E-state index contributed by atoms with van der Waals surface area (Å²) in [5.41, 5.74) is 10.4. The molecule has 0 saturated heterocycles. The zero-order valence-electron chi connectivity index (χ0n) is 23.1. The van der Waals surface area contributed by atoms with E-state index in [0.717, 1.165) is 53.6 Å². The molecule has 0 spiro atoms. The molecule has 1 aromatic carbocycles. The van der Waals surface area contributed by atoms with Gasteiger partial charge in [-0.3, -0.25) is 0 Å². The van der Waals surface area contributed by atoms with Crippen molar-refractivity contribution in [2.45, 2.75) is 96.8 Å². The minimum Gasteiger partial charge on any atom is -0.490 e. The topological polar surface area (TPSA) is 137 Å². The predicted octanol–water partition coefficient (Wildman–Crippen LogP) is 5.26. The van der Waals surface area contributed by atoms with E-state index < -0.39 is 17.7 Å². The number of ether oxygens (including phenoxy) is 2. The van der Waals surface area contributed by atoms with E-state index in [9.17, 15) is 14.7 Å². The third-order valence-corrected chi connectivity index (χ3v) is 7.12. The summed E-state index contributed by atoms with van der Waals surface area (Å²) in [6.45, 7) is 11.5. The van der Waals surface area contributed by atoms with E-state index in [1.807, 2.05) is 32.9 Å². The Morgan fingerprint density at radius 3 is 2.47 bits per heavy atom. The van der Waals surface area contributed by atoms with Crippen LogP contribution in [0.4, 0.5) is 10.6 Å². The molecule has 2 aliphatic rings.